The summed E-state index contributed by atoms with van der Waals surface area (Å²) in [4.78, 5) is 54.2. The molecule has 0 bridgehead atoms. The van der Waals surface area contributed by atoms with Crippen LogP contribution in [0.5, 0.6) is 0 Å². The minimum absolute atomic E-state index is 0.0671. The number of hydrogen-bond acceptors (Lipinski definition) is 6. The number of nitrogens with zero attached hydrogens (tertiary/aromatic N) is 2. The molecule has 45 heavy (non-hydrogen) atoms. The first-order valence-corrected chi connectivity index (χ1v) is 15.0. The number of benzene rings is 3. The number of ether oxygens (including phenoxy) is 1. The highest BCUT2D eigenvalue weighted by Crippen LogP contribution is 2.44. The van der Waals surface area contributed by atoms with Gasteiger partial charge in [-0.05, 0) is 52.8 Å². The van der Waals surface area contributed by atoms with Gasteiger partial charge in [-0.1, -0.05) is 72.8 Å². The Labute approximate surface area is 261 Å². The molecule has 10 heteroatoms. The number of likely N-dealkylation sites (N-methyl/N-ethyl adjacent to an activating group) is 1. The van der Waals surface area contributed by atoms with Crippen LogP contribution in [0.2, 0.25) is 0 Å². The van der Waals surface area contributed by atoms with E-state index in [2.05, 4.69) is 17.4 Å². The molecule has 0 fully saturated rings. The molecule has 234 valence electrons. The zero-order chi connectivity index (χ0) is 31.9. The Morgan fingerprint density at radius 2 is 1.64 bits per heavy atom. The number of carboxylic acids is 1. The lowest BCUT2D eigenvalue weighted by Crippen LogP contribution is -2.57. The molecule has 1 aliphatic heterocycles. The van der Waals surface area contributed by atoms with E-state index in [4.69, 9.17) is 4.74 Å². The Balaban J connectivity index is 1.27. The van der Waals surface area contributed by atoms with E-state index in [1.54, 1.807) is 0 Å². The van der Waals surface area contributed by atoms with E-state index in [0.717, 1.165) is 27.2 Å². The quantitative estimate of drug-likeness (QED) is 0.250. The third-order valence-corrected chi connectivity index (χ3v) is 8.27. The van der Waals surface area contributed by atoms with Crippen molar-refractivity contribution in [2.45, 2.75) is 37.3 Å². The summed E-state index contributed by atoms with van der Waals surface area (Å²) in [6, 6.07) is 19.9. The van der Waals surface area contributed by atoms with Crippen molar-refractivity contribution < 1.29 is 33.4 Å². The van der Waals surface area contributed by atoms with E-state index >= 15 is 0 Å². The van der Waals surface area contributed by atoms with Crippen LogP contribution in [0.4, 0.5) is 4.39 Å². The molecule has 3 aromatic rings. The van der Waals surface area contributed by atoms with Crippen LogP contribution in [-0.4, -0.2) is 84.0 Å². The Kier molecular flexibility index (Phi) is 10.0. The summed E-state index contributed by atoms with van der Waals surface area (Å²) >= 11 is 0. The second-order valence-electron chi connectivity index (χ2n) is 11.3. The number of carboxylic acid groups (broad SMARTS) is 1. The van der Waals surface area contributed by atoms with Gasteiger partial charge in [-0.3, -0.25) is 24.5 Å². The number of halogens is 1. The summed E-state index contributed by atoms with van der Waals surface area (Å²) in [5.41, 5.74) is 5.06. The van der Waals surface area contributed by atoms with Gasteiger partial charge in [0.25, 0.3) is 0 Å². The second-order valence-corrected chi connectivity index (χ2v) is 11.3. The molecule has 2 amide bonds. The molecule has 0 spiro atoms. The lowest BCUT2D eigenvalue weighted by atomic mass is 9.98. The Hall–Kier alpha value is -4.83. The highest BCUT2D eigenvalue weighted by atomic mass is 19.1. The largest absolute Gasteiger partial charge is 0.480 e. The molecule has 0 saturated carbocycles. The molecule has 0 radical (unpaired) electrons. The minimum atomic E-state index is -1.18. The normalized spacial score (nSPS) is 17.4. The SMILES string of the molecule is CN(CC(=O)O)C(=O)[C@H](Cc1ccc(F)cc1)N1CC/C=C\C[C@H](NCC(=O)OCC2c3ccccc3-c3ccccc32)C1=O. The Morgan fingerprint density at radius 3 is 2.29 bits per heavy atom. The molecule has 1 aliphatic carbocycles. The van der Waals surface area contributed by atoms with Gasteiger partial charge in [-0.2, -0.15) is 0 Å². The zero-order valence-electron chi connectivity index (χ0n) is 25.0. The Bertz CT molecular complexity index is 1540. The highest BCUT2D eigenvalue weighted by molar-refractivity contribution is 5.91. The topological polar surface area (TPSA) is 116 Å². The molecule has 9 nitrogen and oxygen atoms in total. The van der Waals surface area contributed by atoms with Gasteiger partial charge in [0.1, 0.15) is 25.0 Å². The molecule has 2 N–H and O–H groups in total. The van der Waals surface area contributed by atoms with E-state index in [1.807, 2.05) is 48.6 Å². The molecule has 2 atom stereocenters. The third kappa shape index (κ3) is 7.46. The van der Waals surface area contributed by atoms with E-state index < -0.39 is 48.2 Å². The molecule has 1 heterocycles. The Morgan fingerprint density at radius 1 is 1.00 bits per heavy atom. The number of rotatable bonds is 11. The lowest BCUT2D eigenvalue weighted by molar-refractivity contribution is -0.150. The average molecular weight is 614 g/mol. The fourth-order valence-electron chi connectivity index (χ4n) is 6.04. The number of carbonyl (C=O) groups excluding carboxylic acids is 3. The fourth-order valence-corrected chi connectivity index (χ4v) is 6.04. The molecule has 0 unspecified atom stereocenters. The molecule has 0 saturated heterocycles. The summed E-state index contributed by atoms with van der Waals surface area (Å²) in [6.45, 7) is -0.395. The van der Waals surface area contributed by atoms with Crippen LogP contribution >= 0.6 is 0 Å². The number of fused-ring (bicyclic) bond motifs is 3. The first-order chi connectivity index (χ1) is 21.7. The predicted molar refractivity (Wildman–Crippen MR) is 166 cm³/mol. The number of hydrogen-bond donors (Lipinski definition) is 2. The van der Waals surface area contributed by atoms with Crippen molar-refractivity contribution in [1.29, 1.82) is 0 Å². The van der Waals surface area contributed by atoms with Gasteiger partial charge in [0.2, 0.25) is 11.8 Å². The molecule has 0 aromatic heterocycles. The monoisotopic (exact) mass is 613 g/mol. The number of amides is 2. The van der Waals surface area contributed by atoms with Crippen molar-refractivity contribution in [2.75, 3.05) is 33.3 Å². The van der Waals surface area contributed by atoms with Crippen molar-refractivity contribution in [3.8, 4) is 11.1 Å². The summed E-state index contributed by atoms with van der Waals surface area (Å²) in [6.07, 6.45) is 4.60. The van der Waals surface area contributed by atoms with Gasteiger partial charge < -0.3 is 19.6 Å². The van der Waals surface area contributed by atoms with Crippen molar-refractivity contribution in [3.05, 3.63) is 107 Å². The van der Waals surface area contributed by atoms with E-state index in [-0.39, 0.29) is 38.5 Å². The maximum absolute atomic E-state index is 13.9. The van der Waals surface area contributed by atoms with Crippen molar-refractivity contribution in [1.82, 2.24) is 15.1 Å². The van der Waals surface area contributed by atoms with Gasteiger partial charge >= 0.3 is 11.9 Å². The lowest BCUT2D eigenvalue weighted by Gasteiger charge is -2.36. The standard InChI is InChI=1S/C35H36FN3O6/c1-38(21-32(40)41)35(44)31(19-23-14-16-24(36)17-15-23)39-18-8-2-3-13-30(34(39)43)37-20-33(42)45-22-29-27-11-6-4-9-25(27)26-10-5-7-12-28(26)29/h2-7,9-12,14-17,29-31,37H,8,13,18-22H2,1H3,(H,40,41)/b3-2-/t30-,31-/m0/s1. The smallest absolute Gasteiger partial charge is 0.323 e. The zero-order valence-corrected chi connectivity index (χ0v) is 25.0. The van der Waals surface area contributed by atoms with Crippen LogP contribution in [0.3, 0.4) is 0 Å². The molecule has 5 rings (SSSR count). The van der Waals surface area contributed by atoms with Crippen LogP contribution in [0, 0.1) is 5.82 Å². The third-order valence-electron chi connectivity index (χ3n) is 8.27. The van der Waals surface area contributed by atoms with Gasteiger partial charge in [-0.15, -0.1) is 0 Å². The van der Waals surface area contributed by atoms with Gasteiger partial charge in [-0.25, -0.2) is 4.39 Å². The maximum atomic E-state index is 13.9. The minimum Gasteiger partial charge on any atom is -0.480 e. The van der Waals surface area contributed by atoms with Gasteiger partial charge in [0, 0.05) is 25.9 Å². The number of aliphatic carboxylic acids is 1. The van der Waals surface area contributed by atoms with Crippen molar-refractivity contribution >= 4 is 23.8 Å². The van der Waals surface area contributed by atoms with Crippen molar-refractivity contribution in [3.63, 3.8) is 0 Å². The summed E-state index contributed by atoms with van der Waals surface area (Å²) in [7, 11) is 1.37. The average Bonchev–Trinajstić information content (AvgIpc) is 3.35. The highest BCUT2D eigenvalue weighted by Gasteiger charge is 2.36. The van der Waals surface area contributed by atoms with Gasteiger partial charge in [0.05, 0.1) is 12.6 Å². The van der Waals surface area contributed by atoms with E-state index in [1.165, 1.54) is 36.2 Å². The van der Waals surface area contributed by atoms with Crippen molar-refractivity contribution in [2.24, 2.45) is 0 Å². The summed E-state index contributed by atoms with van der Waals surface area (Å²) in [5, 5.41) is 12.3. The molecule has 3 aromatic carbocycles. The van der Waals surface area contributed by atoms with Crippen LogP contribution in [-0.2, 0) is 30.3 Å². The summed E-state index contributed by atoms with van der Waals surface area (Å²) < 4.78 is 19.3. The van der Waals surface area contributed by atoms with E-state index in [9.17, 15) is 28.7 Å². The van der Waals surface area contributed by atoms with E-state index in [0.29, 0.717) is 12.0 Å². The maximum Gasteiger partial charge on any atom is 0.323 e. The first-order valence-electron chi connectivity index (χ1n) is 15.0. The number of esters is 1. The molecular weight excluding hydrogens is 577 g/mol. The first kappa shape index (κ1) is 31.6. The number of nitrogens with one attached hydrogen (secondary N) is 1. The van der Waals surface area contributed by atoms with Crippen LogP contribution in [0.15, 0.2) is 84.9 Å². The summed E-state index contributed by atoms with van der Waals surface area (Å²) in [5.74, 6) is -3.17. The van der Waals surface area contributed by atoms with Crippen LogP contribution < -0.4 is 5.32 Å². The fraction of sp³-hybridized carbons (Fsp3) is 0.314. The van der Waals surface area contributed by atoms with Crippen LogP contribution in [0.1, 0.15) is 35.4 Å². The molecule has 2 aliphatic rings. The predicted octanol–water partition coefficient (Wildman–Crippen LogP) is 3.77. The molecular formula is C35H36FN3O6. The number of carbonyl (C=O) groups is 4. The van der Waals surface area contributed by atoms with Crippen LogP contribution in [0.25, 0.3) is 11.1 Å². The second kappa shape index (κ2) is 14.3. The van der Waals surface area contributed by atoms with Gasteiger partial charge in [0.15, 0.2) is 0 Å².